The van der Waals surface area contributed by atoms with E-state index in [1.165, 1.54) is 16.7 Å². The molecule has 11 heteroatoms. The number of hydrogen-bond acceptors (Lipinski definition) is 8. The molecule has 2 aromatic heterocycles. The predicted molar refractivity (Wildman–Crippen MR) is 125 cm³/mol. The van der Waals surface area contributed by atoms with Gasteiger partial charge in [0.15, 0.2) is 5.82 Å². The Kier molecular flexibility index (Phi) is 5.57. The Labute approximate surface area is 192 Å². The molecule has 0 radical (unpaired) electrons. The smallest absolute Gasteiger partial charge is 0.267 e. The van der Waals surface area contributed by atoms with Gasteiger partial charge in [-0.3, -0.25) is 9.36 Å². The van der Waals surface area contributed by atoms with E-state index in [0.29, 0.717) is 11.2 Å². The van der Waals surface area contributed by atoms with E-state index in [4.69, 9.17) is 23.1 Å². The number of nitrogen functional groups attached to an aromatic ring is 2. The zero-order valence-corrected chi connectivity index (χ0v) is 18.4. The number of rotatable bonds is 4. The number of nitrogens with two attached hydrogens (primary N) is 2. The topological polar surface area (TPSA) is 149 Å². The molecule has 9 nitrogen and oxygen atoms in total. The molecule has 0 bridgehead atoms. The zero-order valence-electron chi connectivity index (χ0n) is 17.6. The second-order valence-corrected chi connectivity index (χ2v) is 7.70. The number of aromatic nitrogens is 4. The molecule has 2 aromatic carbocycles. The Morgan fingerprint density at radius 1 is 1.18 bits per heavy atom. The number of nitrogens with zero attached hydrogens (tertiary/aromatic N) is 5. The highest BCUT2D eigenvalue weighted by Gasteiger charge is 2.23. The highest BCUT2D eigenvalue weighted by molar-refractivity contribution is 6.35. The van der Waals surface area contributed by atoms with Gasteiger partial charge in [0, 0.05) is 5.56 Å². The van der Waals surface area contributed by atoms with Gasteiger partial charge in [0.25, 0.3) is 5.56 Å². The van der Waals surface area contributed by atoms with E-state index < -0.39 is 17.4 Å². The molecule has 0 unspecified atom stereocenters. The SMILES string of the molecule is Cc1c(F)cccc1-n1c([C@H](C)Nc2nc(N)nc(N)c2C#N)nc2cccc(Cl)c2c1=O. The molecule has 2 heterocycles. The Morgan fingerprint density at radius 2 is 1.91 bits per heavy atom. The van der Waals surface area contributed by atoms with Gasteiger partial charge in [-0.05, 0) is 38.1 Å². The number of benzene rings is 2. The first kappa shape index (κ1) is 22.0. The number of halogens is 2. The first-order chi connectivity index (χ1) is 15.7. The maximum absolute atomic E-state index is 14.4. The summed E-state index contributed by atoms with van der Waals surface area (Å²) in [6.45, 7) is 3.27. The molecule has 5 N–H and O–H groups in total. The van der Waals surface area contributed by atoms with Crippen LogP contribution in [-0.2, 0) is 0 Å². The quantitative estimate of drug-likeness (QED) is 0.415. The number of fused-ring (bicyclic) bond motifs is 1. The Bertz CT molecular complexity index is 1510. The van der Waals surface area contributed by atoms with Gasteiger partial charge in [0.05, 0.1) is 27.7 Å². The van der Waals surface area contributed by atoms with Gasteiger partial charge < -0.3 is 16.8 Å². The molecule has 0 aliphatic rings. The third-order valence-corrected chi connectivity index (χ3v) is 5.47. The molecule has 0 aliphatic heterocycles. The van der Waals surface area contributed by atoms with Crippen molar-refractivity contribution < 1.29 is 4.39 Å². The Balaban J connectivity index is 1.99. The lowest BCUT2D eigenvalue weighted by atomic mass is 10.1. The highest BCUT2D eigenvalue weighted by atomic mass is 35.5. The summed E-state index contributed by atoms with van der Waals surface area (Å²) < 4.78 is 15.7. The maximum Gasteiger partial charge on any atom is 0.267 e. The second-order valence-electron chi connectivity index (χ2n) is 7.30. The average molecular weight is 465 g/mol. The van der Waals surface area contributed by atoms with Crippen LogP contribution in [0.1, 0.15) is 29.9 Å². The van der Waals surface area contributed by atoms with Crippen LogP contribution < -0.4 is 22.3 Å². The molecular weight excluding hydrogens is 447 g/mol. The normalized spacial score (nSPS) is 11.8. The second kappa shape index (κ2) is 8.37. The van der Waals surface area contributed by atoms with E-state index in [2.05, 4.69) is 20.3 Å². The van der Waals surface area contributed by atoms with Crippen LogP contribution in [0.2, 0.25) is 5.02 Å². The summed E-state index contributed by atoms with van der Waals surface area (Å²) in [5.74, 6) is -0.372. The third kappa shape index (κ3) is 3.79. The number of nitriles is 1. The summed E-state index contributed by atoms with van der Waals surface area (Å²) in [5, 5.41) is 12.9. The number of anilines is 3. The summed E-state index contributed by atoms with van der Waals surface area (Å²) in [4.78, 5) is 26.1. The van der Waals surface area contributed by atoms with Gasteiger partial charge in [0.1, 0.15) is 29.1 Å². The molecule has 0 saturated heterocycles. The fraction of sp³-hybridized carbons (Fsp3) is 0.136. The number of nitrogens with one attached hydrogen (secondary N) is 1. The van der Waals surface area contributed by atoms with Gasteiger partial charge in [-0.2, -0.15) is 15.2 Å². The van der Waals surface area contributed by atoms with Crippen molar-refractivity contribution in [1.82, 2.24) is 19.5 Å². The van der Waals surface area contributed by atoms with Crippen LogP contribution in [0.4, 0.5) is 22.0 Å². The molecule has 166 valence electrons. The predicted octanol–water partition coefficient (Wildman–Crippen LogP) is 3.49. The van der Waals surface area contributed by atoms with Gasteiger partial charge in [-0.1, -0.05) is 23.7 Å². The zero-order chi connectivity index (χ0) is 23.9. The van der Waals surface area contributed by atoms with Crippen molar-refractivity contribution in [3.63, 3.8) is 0 Å². The molecule has 0 fully saturated rings. The Hall–Kier alpha value is -4.23. The number of hydrogen-bond donors (Lipinski definition) is 3. The summed E-state index contributed by atoms with van der Waals surface area (Å²) in [5.41, 5.74) is 11.9. The summed E-state index contributed by atoms with van der Waals surface area (Å²) >= 11 is 6.31. The first-order valence-corrected chi connectivity index (χ1v) is 10.2. The van der Waals surface area contributed by atoms with Crippen molar-refractivity contribution in [1.29, 1.82) is 5.26 Å². The van der Waals surface area contributed by atoms with Crippen molar-refractivity contribution in [2.24, 2.45) is 0 Å². The average Bonchev–Trinajstić information content (AvgIpc) is 2.75. The van der Waals surface area contributed by atoms with Gasteiger partial charge in [-0.25, -0.2) is 9.37 Å². The summed E-state index contributed by atoms with van der Waals surface area (Å²) in [6.07, 6.45) is 0. The van der Waals surface area contributed by atoms with Gasteiger partial charge >= 0.3 is 0 Å². The maximum atomic E-state index is 14.4. The van der Waals surface area contributed by atoms with E-state index in [1.54, 1.807) is 38.1 Å². The monoisotopic (exact) mass is 464 g/mol. The largest absolute Gasteiger partial charge is 0.382 e. The van der Waals surface area contributed by atoms with Crippen LogP contribution in [0, 0.1) is 24.1 Å². The molecule has 0 spiro atoms. The van der Waals surface area contributed by atoms with Crippen LogP contribution in [0.15, 0.2) is 41.2 Å². The van der Waals surface area contributed by atoms with Gasteiger partial charge in [-0.15, -0.1) is 0 Å². The summed E-state index contributed by atoms with van der Waals surface area (Å²) in [7, 11) is 0. The standard InChI is InChI=1S/C22H18ClFN8O/c1-10-14(24)6-4-8-16(10)32-20(29-15-7-3-5-13(23)17(15)21(32)33)11(2)28-19-12(9-25)18(26)30-22(27)31-19/h3-8,11H,1-2H3,(H5,26,27,28,30,31)/t11-/m0/s1. The molecule has 0 aliphatic carbocycles. The Morgan fingerprint density at radius 3 is 2.64 bits per heavy atom. The van der Waals surface area contributed by atoms with E-state index in [1.807, 2.05) is 6.07 Å². The van der Waals surface area contributed by atoms with Crippen molar-refractivity contribution in [2.45, 2.75) is 19.9 Å². The van der Waals surface area contributed by atoms with E-state index >= 15 is 0 Å². The highest BCUT2D eigenvalue weighted by Crippen LogP contribution is 2.28. The lowest BCUT2D eigenvalue weighted by molar-refractivity contribution is 0.614. The fourth-order valence-electron chi connectivity index (χ4n) is 3.55. The molecule has 33 heavy (non-hydrogen) atoms. The first-order valence-electron chi connectivity index (χ1n) is 9.79. The molecule has 0 saturated carbocycles. The van der Waals surface area contributed by atoms with Crippen molar-refractivity contribution >= 4 is 40.1 Å². The third-order valence-electron chi connectivity index (χ3n) is 5.16. The lowest BCUT2D eigenvalue weighted by Crippen LogP contribution is -2.28. The van der Waals surface area contributed by atoms with Crippen LogP contribution in [0.5, 0.6) is 0 Å². The van der Waals surface area contributed by atoms with E-state index in [9.17, 15) is 14.4 Å². The minimum absolute atomic E-state index is 0.00397. The summed E-state index contributed by atoms with van der Waals surface area (Å²) in [6, 6.07) is 10.6. The van der Waals surface area contributed by atoms with Gasteiger partial charge in [0.2, 0.25) is 5.95 Å². The molecule has 4 aromatic rings. The van der Waals surface area contributed by atoms with Crippen molar-refractivity contribution in [2.75, 3.05) is 16.8 Å². The van der Waals surface area contributed by atoms with Crippen molar-refractivity contribution in [3.05, 3.63) is 74.5 Å². The lowest BCUT2D eigenvalue weighted by Gasteiger charge is -2.22. The molecule has 4 rings (SSSR count). The van der Waals surface area contributed by atoms with E-state index in [-0.39, 0.29) is 44.9 Å². The van der Waals surface area contributed by atoms with Crippen LogP contribution in [0.25, 0.3) is 16.6 Å². The van der Waals surface area contributed by atoms with Crippen LogP contribution >= 0.6 is 11.6 Å². The molecular formula is C22H18ClFN8O. The van der Waals surface area contributed by atoms with Crippen LogP contribution in [-0.4, -0.2) is 19.5 Å². The fourth-order valence-corrected chi connectivity index (χ4v) is 3.80. The van der Waals surface area contributed by atoms with Crippen LogP contribution in [0.3, 0.4) is 0 Å². The van der Waals surface area contributed by atoms with Crippen molar-refractivity contribution in [3.8, 4) is 11.8 Å². The molecule has 0 amide bonds. The van der Waals surface area contributed by atoms with E-state index in [0.717, 1.165) is 0 Å². The minimum atomic E-state index is -0.690. The molecule has 1 atom stereocenters. The minimum Gasteiger partial charge on any atom is -0.382 e.